The van der Waals surface area contributed by atoms with Crippen molar-refractivity contribution in [1.29, 1.82) is 0 Å². The van der Waals surface area contributed by atoms with Gasteiger partial charge in [-0.15, -0.1) is 0 Å². The maximum atomic E-state index is 6.02. The molecule has 2 rings (SSSR count). The molecule has 1 nitrogen and oxygen atoms in total. The van der Waals surface area contributed by atoms with Gasteiger partial charge in [0, 0.05) is 0 Å². The molecule has 0 aliphatic heterocycles. The summed E-state index contributed by atoms with van der Waals surface area (Å²) in [4.78, 5) is 0. The summed E-state index contributed by atoms with van der Waals surface area (Å²) in [7, 11) is 0. The van der Waals surface area contributed by atoms with Crippen molar-refractivity contribution in [3.63, 3.8) is 0 Å². The topological polar surface area (TPSA) is 9.23 Å². The van der Waals surface area contributed by atoms with Crippen molar-refractivity contribution in [3.05, 3.63) is 29.8 Å². The summed E-state index contributed by atoms with van der Waals surface area (Å²) >= 11 is 0. The summed E-state index contributed by atoms with van der Waals surface area (Å²) in [5.41, 5.74) is 1.59. The highest BCUT2D eigenvalue weighted by atomic mass is 16.5. The average molecular weight is 232 g/mol. The van der Waals surface area contributed by atoms with Crippen LogP contribution < -0.4 is 4.74 Å². The zero-order valence-corrected chi connectivity index (χ0v) is 11.3. The van der Waals surface area contributed by atoms with Crippen LogP contribution in [0.1, 0.15) is 58.4 Å². The van der Waals surface area contributed by atoms with Crippen LogP contribution in [0.4, 0.5) is 0 Å². The van der Waals surface area contributed by atoms with Crippen molar-refractivity contribution in [2.24, 2.45) is 0 Å². The molecule has 0 amide bonds. The minimum absolute atomic E-state index is 0.226. The Morgan fingerprint density at radius 1 is 0.941 bits per heavy atom. The molecule has 1 aliphatic carbocycles. The molecular weight excluding hydrogens is 208 g/mol. The van der Waals surface area contributed by atoms with E-state index in [1.54, 1.807) is 0 Å². The third-order valence-electron chi connectivity index (χ3n) is 3.58. The average Bonchev–Trinajstić information content (AvgIpc) is 2.30. The molecule has 17 heavy (non-hydrogen) atoms. The first-order valence-corrected chi connectivity index (χ1v) is 6.83. The Kier molecular flexibility index (Phi) is 3.76. The van der Waals surface area contributed by atoms with E-state index < -0.39 is 0 Å². The van der Waals surface area contributed by atoms with Crippen molar-refractivity contribution in [2.45, 2.75) is 64.4 Å². The first-order chi connectivity index (χ1) is 8.05. The fourth-order valence-corrected chi connectivity index (χ4v) is 2.41. The molecule has 0 bridgehead atoms. The highest BCUT2D eigenvalue weighted by molar-refractivity contribution is 5.31. The van der Waals surface area contributed by atoms with Crippen LogP contribution in [0, 0.1) is 0 Å². The Morgan fingerprint density at radius 3 is 2.06 bits per heavy atom. The van der Waals surface area contributed by atoms with Crippen LogP contribution in [0.3, 0.4) is 0 Å². The van der Waals surface area contributed by atoms with E-state index in [1.807, 2.05) is 0 Å². The summed E-state index contributed by atoms with van der Waals surface area (Å²) < 4.78 is 6.02. The highest BCUT2D eigenvalue weighted by Gasteiger charge is 2.16. The zero-order chi connectivity index (χ0) is 12.3. The van der Waals surface area contributed by atoms with E-state index >= 15 is 0 Å². The number of hydrogen-bond acceptors (Lipinski definition) is 1. The van der Waals surface area contributed by atoms with Gasteiger partial charge in [0.1, 0.15) is 5.75 Å². The zero-order valence-electron chi connectivity index (χ0n) is 11.3. The second-order valence-corrected chi connectivity index (χ2v) is 6.15. The summed E-state index contributed by atoms with van der Waals surface area (Å²) in [5, 5.41) is 0. The van der Waals surface area contributed by atoms with Gasteiger partial charge in [-0.05, 0) is 48.8 Å². The largest absolute Gasteiger partial charge is 0.490 e. The van der Waals surface area contributed by atoms with Gasteiger partial charge in [-0.25, -0.2) is 0 Å². The molecule has 1 aromatic rings. The fourth-order valence-electron chi connectivity index (χ4n) is 2.41. The Balaban J connectivity index is 1.98. The molecule has 0 heterocycles. The standard InChI is InChI=1S/C16H24O/c1-16(2,3)13-9-11-15(12-10-13)17-14-7-5-4-6-8-14/h9-12,14H,4-8H2,1-3H3. The second-order valence-electron chi connectivity index (χ2n) is 6.15. The normalized spacial score (nSPS) is 18.1. The monoisotopic (exact) mass is 232 g/mol. The van der Waals surface area contributed by atoms with Gasteiger partial charge in [0.25, 0.3) is 0 Å². The lowest BCUT2D eigenvalue weighted by atomic mass is 9.87. The Bertz CT molecular complexity index is 339. The molecular formula is C16H24O. The van der Waals surface area contributed by atoms with E-state index in [1.165, 1.54) is 37.7 Å². The van der Waals surface area contributed by atoms with Gasteiger partial charge in [0.2, 0.25) is 0 Å². The number of hydrogen-bond donors (Lipinski definition) is 0. The molecule has 1 aliphatic rings. The lowest BCUT2D eigenvalue weighted by molar-refractivity contribution is 0.155. The molecule has 0 aromatic heterocycles. The number of ether oxygens (including phenoxy) is 1. The molecule has 0 saturated heterocycles. The molecule has 94 valence electrons. The molecule has 0 atom stereocenters. The Hall–Kier alpha value is -0.980. The van der Waals surface area contributed by atoms with E-state index in [2.05, 4.69) is 45.0 Å². The van der Waals surface area contributed by atoms with Crippen molar-refractivity contribution in [3.8, 4) is 5.75 Å². The molecule has 1 saturated carbocycles. The summed E-state index contributed by atoms with van der Waals surface area (Å²) in [5.74, 6) is 1.03. The van der Waals surface area contributed by atoms with Crippen LogP contribution in [0.5, 0.6) is 5.75 Å². The predicted molar refractivity (Wildman–Crippen MR) is 72.6 cm³/mol. The molecule has 0 N–H and O–H groups in total. The van der Waals surface area contributed by atoms with Crippen LogP contribution in [0.25, 0.3) is 0 Å². The Labute approximate surface area is 105 Å². The highest BCUT2D eigenvalue weighted by Crippen LogP contribution is 2.27. The third-order valence-corrected chi connectivity index (χ3v) is 3.58. The van der Waals surface area contributed by atoms with Crippen LogP contribution in [0.2, 0.25) is 0 Å². The number of rotatable bonds is 2. The van der Waals surface area contributed by atoms with Crippen LogP contribution in [0.15, 0.2) is 24.3 Å². The lowest BCUT2D eigenvalue weighted by Gasteiger charge is -2.24. The van der Waals surface area contributed by atoms with Gasteiger partial charge in [0.15, 0.2) is 0 Å². The van der Waals surface area contributed by atoms with Crippen molar-refractivity contribution >= 4 is 0 Å². The van der Waals surface area contributed by atoms with E-state index in [-0.39, 0.29) is 5.41 Å². The van der Waals surface area contributed by atoms with Crippen molar-refractivity contribution in [2.75, 3.05) is 0 Å². The molecule has 0 spiro atoms. The second kappa shape index (κ2) is 5.12. The van der Waals surface area contributed by atoms with Gasteiger partial charge in [-0.2, -0.15) is 0 Å². The van der Waals surface area contributed by atoms with Crippen LogP contribution >= 0.6 is 0 Å². The van der Waals surface area contributed by atoms with E-state index in [9.17, 15) is 0 Å². The van der Waals surface area contributed by atoms with Gasteiger partial charge in [-0.3, -0.25) is 0 Å². The lowest BCUT2D eigenvalue weighted by Crippen LogP contribution is -2.19. The minimum Gasteiger partial charge on any atom is -0.490 e. The fraction of sp³-hybridized carbons (Fsp3) is 0.625. The number of benzene rings is 1. The SMILES string of the molecule is CC(C)(C)c1ccc(OC2CCCCC2)cc1. The maximum absolute atomic E-state index is 6.02. The van der Waals surface area contributed by atoms with E-state index in [0.717, 1.165) is 5.75 Å². The van der Waals surface area contributed by atoms with Crippen LogP contribution in [-0.4, -0.2) is 6.10 Å². The first-order valence-electron chi connectivity index (χ1n) is 6.83. The third kappa shape index (κ3) is 3.49. The quantitative estimate of drug-likeness (QED) is 0.718. The van der Waals surface area contributed by atoms with E-state index in [0.29, 0.717) is 6.10 Å². The van der Waals surface area contributed by atoms with Gasteiger partial charge in [0.05, 0.1) is 6.10 Å². The minimum atomic E-state index is 0.226. The van der Waals surface area contributed by atoms with Gasteiger partial charge in [-0.1, -0.05) is 39.3 Å². The van der Waals surface area contributed by atoms with E-state index in [4.69, 9.17) is 4.74 Å². The van der Waals surface area contributed by atoms with Gasteiger partial charge < -0.3 is 4.74 Å². The summed E-state index contributed by atoms with van der Waals surface area (Å²) in [6.45, 7) is 6.72. The predicted octanol–water partition coefficient (Wildman–Crippen LogP) is 4.70. The van der Waals surface area contributed by atoms with Crippen molar-refractivity contribution < 1.29 is 4.74 Å². The van der Waals surface area contributed by atoms with Crippen LogP contribution in [-0.2, 0) is 5.41 Å². The molecule has 0 unspecified atom stereocenters. The van der Waals surface area contributed by atoms with Gasteiger partial charge >= 0.3 is 0 Å². The maximum Gasteiger partial charge on any atom is 0.119 e. The molecule has 0 radical (unpaired) electrons. The first kappa shape index (κ1) is 12.5. The smallest absolute Gasteiger partial charge is 0.119 e. The van der Waals surface area contributed by atoms with Crippen molar-refractivity contribution in [1.82, 2.24) is 0 Å². The summed E-state index contributed by atoms with van der Waals surface area (Å²) in [6, 6.07) is 8.63. The summed E-state index contributed by atoms with van der Waals surface area (Å²) in [6.07, 6.45) is 6.92. The molecule has 1 heteroatoms. The Morgan fingerprint density at radius 2 is 1.53 bits per heavy atom. The molecule has 1 fully saturated rings. The molecule has 1 aromatic carbocycles.